The van der Waals surface area contributed by atoms with Crippen LogP contribution < -0.4 is 0 Å². The molecule has 0 bridgehead atoms. The van der Waals surface area contributed by atoms with Gasteiger partial charge in [0.1, 0.15) is 11.4 Å². The van der Waals surface area contributed by atoms with Crippen LogP contribution in [0, 0.1) is 11.5 Å². The van der Waals surface area contributed by atoms with E-state index in [1.54, 1.807) is 30.3 Å². The minimum absolute atomic E-state index is 0. The SMILES string of the molecule is C.CC(c1ccc(C(F)(F)Cl)nc1)S(C)=NC#N.CSC(C)c1ccc(C(F)(F)Cl)nc1.F. The molecule has 0 aromatic carbocycles. The Kier molecular flexibility index (Phi) is 15.0. The van der Waals surface area contributed by atoms with Crippen molar-refractivity contribution in [3.8, 4) is 6.19 Å². The molecule has 0 radical (unpaired) electrons. The molecule has 2 aromatic heterocycles. The zero-order valence-corrected chi connectivity index (χ0v) is 20.5. The van der Waals surface area contributed by atoms with E-state index in [0.717, 1.165) is 11.1 Å². The summed E-state index contributed by atoms with van der Waals surface area (Å²) in [6, 6.07) is 5.59. The van der Waals surface area contributed by atoms with Crippen molar-refractivity contribution in [3.63, 3.8) is 0 Å². The molecule has 0 saturated carbocycles. The Morgan fingerprint density at radius 1 is 1.00 bits per heavy atom. The summed E-state index contributed by atoms with van der Waals surface area (Å²) in [6.07, 6.45) is 8.26. The highest BCUT2D eigenvalue weighted by Crippen LogP contribution is 2.33. The van der Waals surface area contributed by atoms with E-state index >= 15 is 0 Å². The van der Waals surface area contributed by atoms with E-state index < -0.39 is 32.8 Å². The molecule has 0 aliphatic heterocycles. The number of rotatable bonds is 6. The number of alkyl halides is 6. The van der Waals surface area contributed by atoms with Crippen LogP contribution in [0.25, 0.3) is 0 Å². The van der Waals surface area contributed by atoms with Crippen LogP contribution in [-0.2, 0) is 21.5 Å². The number of hydrogen-bond acceptors (Lipinski definition) is 5. The van der Waals surface area contributed by atoms with Gasteiger partial charge in [-0.15, -0.1) is 0 Å². The van der Waals surface area contributed by atoms with Crippen LogP contribution in [0.4, 0.5) is 22.3 Å². The highest BCUT2D eigenvalue weighted by molar-refractivity contribution is 7.98. The van der Waals surface area contributed by atoms with Gasteiger partial charge in [0.25, 0.3) is 0 Å². The summed E-state index contributed by atoms with van der Waals surface area (Å²) in [5, 5.41) is 1.82. The maximum Gasteiger partial charge on any atom is 0.364 e. The molecule has 0 aliphatic carbocycles. The molecule has 0 saturated heterocycles. The summed E-state index contributed by atoms with van der Waals surface area (Å²) in [6.45, 7) is 3.85. The topological polar surface area (TPSA) is 61.9 Å². The van der Waals surface area contributed by atoms with Crippen LogP contribution in [0.3, 0.4) is 0 Å². The van der Waals surface area contributed by atoms with E-state index in [9.17, 15) is 17.6 Å². The normalized spacial score (nSPS) is 13.8. The van der Waals surface area contributed by atoms with Crippen LogP contribution in [0.1, 0.15) is 54.3 Å². The zero-order chi connectivity index (χ0) is 23.8. The highest BCUT2D eigenvalue weighted by Gasteiger charge is 2.30. The predicted octanol–water partition coefficient (Wildman–Crippen LogP) is 7.93. The van der Waals surface area contributed by atoms with E-state index in [2.05, 4.69) is 14.3 Å². The van der Waals surface area contributed by atoms with Crippen LogP contribution >= 0.6 is 35.0 Å². The van der Waals surface area contributed by atoms with E-state index in [1.165, 1.54) is 30.6 Å². The van der Waals surface area contributed by atoms with E-state index in [-0.39, 0.29) is 22.6 Å². The molecule has 0 N–H and O–H groups in total. The first-order valence-corrected chi connectivity index (χ1v) is 12.3. The molecule has 2 aromatic rings. The Bertz CT molecular complexity index is 913. The first kappa shape index (κ1) is 33.7. The van der Waals surface area contributed by atoms with Gasteiger partial charge in [0, 0.05) is 22.9 Å². The zero-order valence-electron chi connectivity index (χ0n) is 17.4. The number of pyridine rings is 2. The fraction of sp³-hybridized carbons (Fsp3) is 0.450. The number of hydrogen-bond donors (Lipinski definition) is 0. The lowest BCUT2D eigenvalue weighted by Crippen LogP contribution is -2.08. The summed E-state index contributed by atoms with van der Waals surface area (Å²) in [5.41, 5.74) is 0.779. The lowest BCUT2D eigenvalue weighted by atomic mass is 10.2. The van der Waals surface area contributed by atoms with Crippen molar-refractivity contribution in [1.82, 2.24) is 9.97 Å². The second-order valence-electron chi connectivity index (χ2n) is 6.18. The largest absolute Gasteiger partial charge is 0.364 e. The van der Waals surface area contributed by atoms with Gasteiger partial charge in [-0.25, -0.2) is 0 Å². The van der Waals surface area contributed by atoms with Gasteiger partial charge in [-0.3, -0.25) is 14.7 Å². The Balaban J connectivity index is 0. The van der Waals surface area contributed by atoms with Crippen LogP contribution in [0.15, 0.2) is 41.0 Å². The molecule has 4 nitrogen and oxygen atoms in total. The summed E-state index contributed by atoms with van der Waals surface area (Å²) in [7, 11) is -0.490. The van der Waals surface area contributed by atoms with Crippen LogP contribution in [-0.4, -0.2) is 22.5 Å². The highest BCUT2D eigenvalue weighted by atomic mass is 35.5. The molecule has 186 valence electrons. The molecule has 3 unspecified atom stereocenters. The third kappa shape index (κ3) is 11.0. The van der Waals surface area contributed by atoms with Crippen molar-refractivity contribution < 1.29 is 22.3 Å². The Hall–Kier alpha value is -1.48. The van der Waals surface area contributed by atoms with Crippen molar-refractivity contribution in [1.29, 1.82) is 5.26 Å². The van der Waals surface area contributed by atoms with Gasteiger partial charge in [0.2, 0.25) is 6.19 Å². The predicted molar refractivity (Wildman–Crippen MR) is 129 cm³/mol. The van der Waals surface area contributed by atoms with Gasteiger partial charge in [0.15, 0.2) is 0 Å². The van der Waals surface area contributed by atoms with E-state index in [1.807, 2.05) is 20.1 Å². The van der Waals surface area contributed by atoms with E-state index in [4.69, 9.17) is 28.5 Å². The molecule has 2 rings (SSSR count). The van der Waals surface area contributed by atoms with Crippen molar-refractivity contribution in [3.05, 3.63) is 59.2 Å². The fourth-order valence-corrected chi connectivity index (χ4v) is 3.56. The number of nitrogens with zero attached hydrogens (tertiary/aromatic N) is 4. The molecule has 33 heavy (non-hydrogen) atoms. The van der Waals surface area contributed by atoms with Gasteiger partial charge in [-0.05, 0) is 72.8 Å². The number of nitriles is 1. The lowest BCUT2D eigenvalue weighted by Gasteiger charge is -2.12. The third-order valence-corrected chi connectivity index (χ3v) is 7.17. The first-order valence-electron chi connectivity index (χ1n) is 8.65. The monoisotopic (exact) mass is 550 g/mol. The van der Waals surface area contributed by atoms with Gasteiger partial charge in [0.05, 0.1) is 0 Å². The Morgan fingerprint density at radius 3 is 1.73 bits per heavy atom. The summed E-state index contributed by atoms with van der Waals surface area (Å²) in [5.74, 6) is 0. The smallest absolute Gasteiger partial charge is 0.269 e. The van der Waals surface area contributed by atoms with Crippen LogP contribution in [0.5, 0.6) is 0 Å². The molecular weight excluding hydrogens is 526 g/mol. The van der Waals surface area contributed by atoms with Crippen LogP contribution in [0.2, 0.25) is 0 Å². The maximum atomic E-state index is 12.7. The van der Waals surface area contributed by atoms with Crippen molar-refractivity contribution in [2.24, 2.45) is 4.36 Å². The molecular formula is C20H25Cl2F5N4S2. The standard InChI is InChI=1S/C10H10ClF2N3S.C9H10ClF2NS.CH4.FH/c1-7(17(2)16-6-14)8-3-4-9(15-5-8)10(11,12)13;1-6(14-2)7-3-4-8(13-5-7)9(10,11)12;;/h3-5,7H,1-2H3;3-6H,1-2H3;1H4;1H. The minimum Gasteiger partial charge on any atom is -0.269 e. The van der Waals surface area contributed by atoms with Crippen molar-refractivity contribution >= 4 is 45.7 Å². The molecule has 3 atom stereocenters. The first-order chi connectivity index (χ1) is 14.3. The second kappa shape index (κ2) is 14.7. The molecule has 0 amide bonds. The fourth-order valence-electron chi connectivity index (χ4n) is 2.10. The van der Waals surface area contributed by atoms with Gasteiger partial charge < -0.3 is 0 Å². The maximum absolute atomic E-state index is 12.7. The second-order valence-corrected chi connectivity index (χ2v) is 10.2. The Labute approximate surface area is 207 Å². The molecule has 2 heterocycles. The molecule has 0 fully saturated rings. The summed E-state index contributed by atoms with van der Waals surface area (Å²) < 4.78 is 54.3. The van der Waals surface area contributed by atoms with Crippen molar-refractivity contribution in [2.45, 2.75) is 42.5 Å². The summed E-state index contributed by atoms with van der Waals surface area (Å²) >= 11 is 11.3. The number of aromatic nitrogens is 2. The Morgan fingerprint density at radius 2 is 1.42 bits per heavy atom. The van der Waals surface area contributed by atoms with Gasteiger partial charge in [-0.1, -0.05) is 30.3 Å². The molecule has 0 aliphatic rings. The molecule has 0 spiro atoms. The van der Waals surface area contributed by atoms with E-state index in [0.29, 0.717) is 0 Å². The number of halogens is 7. The van der Waals surface area contributed by atoms with Gasteiger partial charge in [-0.2, -0.15) is 38.9 Å². The average molecular weight is 551 g/mol. The third-order valence-electron chi connectivity index (χ3n) is 4.14. The summed E-state index contributed by atoms with van der Waals surface area (Å²) in [4.78, 5) is 7.24. The minimum atomic E-state index is -3.45. The average Bonchev–Trinajstić information content (AvgIpc) is 2.72. The lowest BCUT2D eigenvalue weighted by molar-refractivity contribution is 0.0894. The van der Waals surface area contributed by atoms with Gasteiger partial charge >= 0.3 is 10.8 Å². The molecule has 13 heteroatoms. The number of thioether (sulfide) groups is 1. The van der Waals surface area contributed by atoms with Crippen molar-refractivity contribution in [2.75, 3.05) is 12.5 Å². The quantitative estimate of drug-likeness (QED) is 0.208.